The molecule has 37 heavy (non-hydrogen) atoms. The summed E-state index contributed by atoms with van der Waals surface area (Å²) in [6, 6.07) is 22.4. The van der Waals surface area contributed by atoms with Crippen molar-refractivity contribution in [3.05, 3.63) is 104 Å². The fourth-order valence-electron chi connectivity index (χ4n) is 4.43. The van der Waals surface area contributed by atoms with Gasteiger partial charge in [0.1, 0.15) is 11.1 Å². The topological polar surface area (TPSA) is 96.7 Å². The molecule has 0 unspecified atom stereocenters. The van der Waals surface area contributed by atoms with Gasteiger partial charge in [0.05, 0.1) is 11.3 Å². The van der Waals surface area contributed by atoms with E-state index in [0.717, 1.165) is 28.0 Å². The first-order valence-corrected chi connectivity index (χ1v) is 12.5. The third kappa shape index (κ3) is 3.99. The maximum atomic E-state index is 13.6. The standard InChI is InChI=1S/C28H21N5O3S/c1-16-10-12-18(13-11-16)25-30-28-33(31-25)27(36)24(37-28)23-20-8-3-4-9-21(20)32(26(23)35)15-22(34)29-19-7-5-6-17(2)14-19/h3-14H,15H2,1-2H3,(H,29,34)/b24-23-. The predicted molar refractivity (Wildman–Crippen MR) is 144 cm³/mol. The van der Waals surface area contributed by atoms with Crippen molar-refractivity contribution in [2.24, 2.45) is 0 Å². The average molecular weight is 508 g/mol. The summed E-state index contributed by atoms with van der Waals surface area (Å²) in [7, 11) is 0. The van der Waals surface area contributed by atoms with Gasteiger partial charge in [0, 0.05) is 16.8 Å². The first-order chi connectivity index (χ1) is 17.9. The molecule has 0 fully saturated rings. The van der Waals surface area contributed by atoms with Crippen LogP contribution in [0.5, 0.6) is 0 Å². The van der Waals surface area contributed by atoms with Crippen molar-refractivity contribution in [3.8, 4) is 11.4 Å². The molecule has 182 valence electrons. The fraction of sp³-hybridized carbons (Fsp3) is 0.107. The zero-order valence-corrected chi connectivity index (χ0v) is 20.9. The van der Waals surface area contributed by atoms with Crippen LogP contribution in [-0.2, 0) is 9.59 Å². The molecular formula is C28H21N5O3S. The molecule has 0 bridgehead atoms. The maximum absolute atomic E-state index is 13.6. The van der Waals surface area contributed by atoms with Crippen LogP contribution in [0.4, 0.5) is 11.4 Å². The molecule has 5 aromatic rings. The minimum atomic E-state index is -0.407. The number of thiazole rings is 1. The van der Waals surface area contributed by atoms with Gasteiger partial charge in [-0.15, -0.1) is 5.10 Å². The SMILES string of the molecule is Cc1ccc(-c2nc3s/c(=C4\C(=O)N(CC(=O)Nc5cccc(C)c5)c5ccccc54)c(=O)n3n2)cc1. The molecule has 0 aliphatic carbocycles. The Morgan fingerprint density at radius 3 is 2.49 bits per heavy atom. The summed E-state index contributed by atoms with van der Waals surface area (Å²) in [6.07, 6.45) is 0. The van der Waals surface area contributed by atoms with Gasteiger partial charge in [-0.05, 0) is 37.6 Å². The van der Waals surface area contributed by atoms with Gasteiger partial charge in [-0.1, -0.05) is 71.5 Å². The molecule has 6 rings (SSSR count). The number of nitrogens with zero attached hydrogens (tertiary/aromatic N) is 4. The number of fused-ring (bicyclic) bond motifs is 2. The summed E-state index contributed by atoms with van der Waals surface area (Å²) in [4.78, 5) is 46.2. The molecule has 1 aliphatic rings. The number of para-hydroxylation sites is 1. The second-order valence-corrected chi connectivity index (χ2v) is 9.91. The van der Waals surface area contributed by atoms with Gasteiger partial charge in [0.2, 0.25) is 10.9 Å². The Labute approximate surface area is 215 Å². The Bertz CT molecular complexity index is 1820. The van der Waals surface area contributed by atoms with Gasteiger partial charge in [-0.2, -0.15) is 9.50 Å². The van der Waals surface area contributed by atoms with E-state index >= 15 is 0 Å². The highest BCUT2D eigenvalue weighted by atomic mass is 32.1. The molecule has 2 aromatic heterocycles. The van der Waals surface area contributed by atoms with Crippen molar-refractivity contribution >= 4 is 45.1 Å². The lowest BCUT2D eigenvalue weighted by Gasteiger charge is -2.16. The van der Waals surface area contributed by atoms with E-state index in [4.69, 9.17) is 0 Å². The molecule has 0 saturated heterocycles. The first-order valence-electron chi connectivity index (χ1n) is 11.7. The number of benzene rings is 3. The highest BCUT2D eigenvalue weighted by Crippen LogP contribution is 2.35. The Hall–Kier alpha value is -4.63. The Balaban J connectivity index is 1.38. The number of amides is 2. The molecular weight excluding hydrogens is 486 g/mol. The lowest BCUT2D eigenvalue weighted by molar-refractivity contribution is -0.118. The van der Waals surface area contributed by atoms with Crippen LogP contribution in [0.15, 0.2) is 77.6 Å². The van der Waals surface area contributed by atoms with Gasteiger partial charge < -0.3 is 5.32 Å². The van der Waals surface area contributed by atoms with Crippen LogP contribution in [-0.4, -0.2) is 33.0 Å². The Morgan fingerprint density at radius 1 is 0.946 bits per heavy atom. The van der Waals surface area contributed by atoms with E-state index in [1.165, 1.54) is 9.42 Å². The van der Waals surface area contributed by atoms with E-state index < -0.39 is 11.5 Å². The van der Waals surface area contributed by atoms with Crippen molar-refractivity contribution in [1.29, 1.82) is 0 Å². The molecule has 0 saturated carbocycles. The second-order valence-electron chi connectivity index (χ2n) is 8.93. The molecule has 1 aliphatic heterocycles. The highest BCUT2D eigenvalue weighted by Gasteiger charge is 2.35. The van der Waals surface area contributed by atoms with E-state index in [0.29, 0.717) is 27.7 Å². The summed E-state index contributed by atoms with van der Waals surface area (Å²) >= 11 is 1.12. The quantitative estimate of drug-likeness (QED) is 0.403. The largest absolute Gasteiger partial charge is 0.325 e. The molecule has 0 spiro atoms. The van der Waals surface area contributed by atoms with Gasteiger partial charge in [-0.25, -0.2) is 0 Å². The van der Waals surface area contributed by atoms with Crippen LogP contribution in [0, 0.1) is 13.8 Å². The van der Waals surface area contributed by atoms with E-state index in [9.17, 15) is 14.4 Å². The van der Waals surface area contributed by atoms with E-state index in [2.05, 4.69) is 15.4 Å². The minimum Gasteiger partial charge on any atom is -0.325 e. The number of anilines is 2. The van der Waals surface area contributed by atoms with E-state index in [1.807, 2.05) is 56.3 Å². The van der Waals surface area contributed by atoms with Gasteiger partial charge in [0.15, 0.2) is 5.82 Å². The van der Waals surface area contributed by atoms with Gasteiger partial charge >= 0.3 is 0 Å². The van der Waals surface area contributed by atoms with Crippen molar-refractivity contribution in [2.75, 3.05) is 16.8 Å². The zero-order valence-electron chi connectivity index (χ0n) is 20.1. The summed E-state index contributed by atoms with van der Waals surface area (Å²) in [5, 5.41) is 7.25. The number of carbonyl (C=O) groups excluding carboxylic acids is 2. The summed E-state index contributed by atoms with van der Waals surface area (Å²) in [5.74, 6) is -0.281. The van der Waals surface area contributed by atoms with Crippen molar-refractivity contribution < 1.29 is 9.59 Å². The molecule has 3 aromatic carbocycles. The molecule has 3 heterocycles. The van der Waals surface area contributed by atoms with Crippen LogP contribution < -0.4 is 20.3 Å². The third-order valence-electron chi connectivity index (χ3n) is 6.22. The summed E-state index contributed by atoms with van der Waals surface area (Å²) in [6.45, 7) is 3.75. The fourth-order valence-corrected chi connectivity index (χ4v) is 5.43. The van der Waals surface area contributed by atoms with Crippen LogP contribution in [0.2, 0.25) is 0 Å². The Kier molecular flexibility index (Phi) is 5.42. The predicted octanol–water partition coefficient (Wildman–Crippen LogP) is 3.34. The Morgan fingerprint density at radius 2 is 1.73 bits per heavy atom. The first kappa shape index (κ1) is 22.8. The molecule has 1 N–H and O–H groups in total. The number of hydrogen-bond donors (Lipinski definition) is 1. The maximum Gasteiger partial charge on any atom is 0.291 e. The number of hydrogen-bond acceptors (Lipinski definition) is 6. The number of carbonyl (C=O) groups is 2. The lowest BCUT2D eigenvalue weighted by atomic mass is 10.1. The monoisotopic (exact) mass is 507 g/mol. The molecule has 2 amide bonds. The van der Waals surface area contributed by atoms with Crippen molar-refractivity contribution in [2.45, 2.75) is 13.8 Å². The van der Waals surface area contributed by atoms with Crippen molar-refractivity contribution in [1.82, 2.24) is 14.6 Å². The van der Waals surface area contributed by atoms with Crippen LogP contribution in [0.25, 0.3) is 21.9 Å². The number of rotatable bonds is 4. The number of aryl methyl sites for hydroxylation is 2. The minimum absolute atomic E-state index is 0.181. The van der Waals surface area contributed by atoms with Crippen LogP contribution in [0.1, 0.15) is 16.7 Å². The smallest absolute Gasteiger partial charge is 0.291 e. The van der Waals surface area contributed by atoms with Gasteiger partial charge in [0.25, 0.3) is 11.5 Å². The lowest BCUT2D eigenvalue weighted by Crippen LogP contribution is -2.37. The molecule has 8 nitrogen and oxygen atoms in total. The van der Waals surface area contributed by atoms with Crippen LogP contribution >= 0.6 is 11.3 Å². The van der Waals surface area contributed by atoms with E-state index in [1.54, 1.807) is 30.3 Å². The summed E-state index contributed by atoms with van der Waals surface area (Å²) in [5.41, 5.74) is 4.64. The van der Waals surface area contributed by atoms with E-state index in [-0.39, 0.29) is 22.6 Å². The zero-order chi connectivity index (χ0) is 25.7. The summed E-state index contributed by atoms with van der Waals surface area (Å²) < 4.78 is 1.50. The number of aromatic nitrogens is 3. The normalized spacial score (nSPS) is 14.3. The molecule has 9 heteroatoms. The average Bonchev–Trinajstić information content (AvgIpc) is 3.51. The highest BCUT2D eigenvalue weighted by molar-refractivity contribution is 7.15. The number of nitrogens with one attached hydrogen (secondary N) is 1. The van der Waals surface area contributed by atoms with Crippen LogP contribution in [0.3, 0.4) is 0 Å². The molecule has 0 atom stereocenters. The molecule has 0 radical (unpaired) electrons. The second kappa shape index (κ2) is 8.79. The van der Waals surface area contributed by atoms with Gasteiger partial charge in [-0.3, -0.25) is 19.3 Å². The third-order valence-corrected chi connectivity index (χ3v) is 7.25. The van der Waals surface area contributed by atoms with Crippen molar-refractivity contribution in [3.63, 3.8) is 0 Å².